The second kappa shape index (κ2) is 8.34. The fourth-order valence-corrected chi connectivity index (χ4v) is 5.52. The number of nitrogens with zero attached hydrogens (tertiary/aromatic N) is 3. The largest absolute Gasteiger partial charge is 0.368 e. The minimum Gasteiger partial charge on any atom is -0.368 e. The highest BCUT2D eigenvalue weighted by Crippen LogP contribution is 2.41. The minimum atomic E-state index is -0.436. The molecule has 9 heteroatoms. The van der Waals surface area contributed by atoms with Gasteiger partial charge in [-0.15, -0.1) is 0 Å². The molecular weight excluding hydrogens is 411 g/mol. The SMILES string of the molecule is N#CCC1(N2NC(Nc3ccc(F)cc3)C3C(=O)NCCC32)CCN(C(=O)C2CC2)CC1. The standard InChI is InChI=1S/C23H29FN6O2/c24-16-3-5-17(6-4-16)27-20-19-18(7-12-26-21(19)31)30(28-20)23(8-11-25)9-13-29(14-10-23)22(32)15-1-2-15/h3-6,15,18-20,27-28H,1-2,7-10,12-14H2,(H,26,31). The molecule has 170 valence electrons. The van der Waals surface area contributed by atoms with E-state index in [1.54, 1.807) is 12.1 Å². The fraction of sp³-hybridized carbons (Fsp3) is 0.609. The zero-order chi connectivity index (χ0) is 22.3. The molecule has 5 rings (SSSR count). The fourth-order valence-electron chi connectivity index (χ4n) is 5.52. The first kappa shape index (κ1) is 21.2. The number of amides is 2. The summed E-state index contributed by atoms with van der Waals surface area (Å²) in [5, 5.41) is 18.1. The van der Waals surface area contributed by atoms with Crippen molar-refractivity contribution < 1.29 is 14.0 Å². The molecular formula is C23H29FN6O2. The molecule has 0 bridgehead atoms. The lowest BCUT2D eigenvalue weighted by molar-refractivity contribution is -0.136. The van der Waals surface area contributed by atoms with Gasteiger partial charge in [0.2, 0.25) is 11.8 Å². The molecule has 1 saturated carbocycles. The first-order valence-corrected chi connectivity index (χ1v) is 11.5. The summed E-state index contributed by atoms with van der Waals surface area (Å²) in [4.78, 5) is 27.3. The molecule has 32 heavy (non-hydrogen) atoms. The van der Waals surface area contributed by atoms with Gasteiger partial charge >= 0.3 is 0 Å². The molecule has 2 amide bonds. The number of anilines is 1. The van der Waals surface area contributed by atoms with E-state index in [1.165, 1.54) is 12.1 Å². The predicted octanol–water partition coefficient (Wildman–Crippen LogP) is 1.57. The minimum absolute atomic E-state index is 0.0238. The zero-order valence-corrected chi connectivity index (χ0v) is 18.0. The van der Waals surface area contributed by atoms with Crippen LogP contribution in [0.4, 0.5) is 10.1 Å². The quantitative estimate of drug-likeness (QED) is 0.643. The van der Waals surface area contributed by atoms with Crippen LogP contribution < -0.4 is 16.1 Å². The maximum absolute atomic E-state index is 13.3. The first-order valence-electron chi connectivity index (χ1n) is 11.5. The van der Waals surface area contributed by atoms with Gasteiger partial charge in [-0.1, -0.05) is 0 Å². The molecule has 0 aromatic heterocycles. The number of nitrogens with one attached hydrogen (secondary N) is 3. The van der Waals surface area contributed by atoms with Crippen molar-refractivity contribution >= 4 is 17.5 Å². The van der Waals surface area contributed by atoms with Gasteiger partial charge in [-0.2, -0.15) is 5.26 Å². The zero-order valence-electron chi connectivity index (χ0n) is 18.0. The highest BCUT2D eigenvalue weighted by atomic mass is 19.1. The molecule has 4 fully saturated rings. The molecule has 4 aliphatic rings. The van der Waals surface area contributed by atoms with Crippen LogP contribution in [0, 0.1) is 29.0 Å². The van der Waals surface area contributed by atoms with E-state index in [9.17, 15) is 19.2 Å². The van der Waals surface area contributed by atoms with E-state index in [0.717, 1.165) is 24.9 Å². The maximum atomic E-state index is 13.3. The van der Waals surface area contributed by atoms with Crippen molar-refractivity contribution in [3.63, 3.8) is 0 Å². The van der Waals surface area contributed by atoms with Crippen LogP contribution in [0.1, 0.15) is 38.5 Å². The summed E-state index contributed by atoms with van der Waals surface area (Å²) in [5.74, 6) is -0.236. The van der Waals surface area contributed by atoms with Gasteiger partial charge in [-0.25, -0.2) is 14.8 Å². The third kappa shape index (κ3) is 3.82. The normalized spacial score (nSPS) is 29.7. The molecule has 3 heterocycles. The molecule has 3 N–H and O–H groups in total. The van der Waals surface area contributed by atoms with Crippen LogP contribution in [0.5, 0.6) is 0 Å². The van der Waals surface area contributed by atoms with Crippen molar-refractivity contribution in [1.82, 2.24) is 20.7 Å². The number of carbonyl (C=O) groups is 2. The van der Waals surface area contributed by atoms with Crippen LogP contribution in [0.25, 0.3) is 0 Å². The van der Waals surface area contributed by atoms with Gasteiger partial charge in [-0.3, -0.25) is 9.59 Å². The number of hydrogen-bond donors (Lipinski definition) is 3. The predicted molar refractivity (Wildman–Crippen MR) is 115 cm³/mol. The second-order valence-electron chi connectivity index (χ2n) is 9.46. The van der Waals surface area contributed by atoms with Gasteiger partial charge < -0.3 is 15.5 Å². The van der Waals surface area contributed by atoms with E-state index in [1.807, 2.05) is 4.90 Å². The summed E-state index contributed by atoms with van der Waals surface area (Å²) in [6, 6.07) is 8.39. The molecule has 1 aromatic carbocycles. The Morgan fingerprint density at radius 2 is 1.94 bits per heavy atom. The number of hydrazine groups is 1. The van der Waals surface area contributed by atoms with E-state index in [-0.39, 0.29) is 41.7 Å². The lowest BCUT2D eigenvalue weighted by Crippen LogP contribution is -2.62. The van der Waals surface area contributed by atoms with E-state index in [0.29, 0.717) is 38.9 Å². The van der Waals surface area contributed by atoms with E-state index >= 15 is 0 Å². The number of piperidine rings is 2. The van der Waals surface area contributed by atoms with Crippen LogP contribution >= 0.6 is 0 Å². The van der Waals surface area contributed by atoms with Crippen molar-refractivity contribution in [2.24, 2.45) is 11.8 Å². The van der Waals surface area contributed by atoms with Gasteiger partial charge in [-0.05, 0) is 56.4 Å². The number of benzene rings is 1. The van der Waals surface area contributed by atoms with E-state index in [2.05, 4.69) is 27.1 Å². The Balaban J connectivity index is 1.37. The van der Waals surface area contributed by atoms with E-state index < -0.39 is 5.54 Å². The van der Waals surface area contributed by atoms with Crippen LogP contribution in [0.2, 0.25) is 0 Å². The number of rotatable bonds is 5. The topological polar surface area (TPSA) is 100 Å². The summed E-state index contributed by atoms with van der Waals surface area (Å²) in [5.41, 5.74) is 3.80. The van der Waals surface area contributed by atoms with Crippen LogP contribution in [-0.4, -0.2) is 59.1 Å². The lowest BCUT2D eigenvalue weighted by atomic mass is 9.81. The summed E-state index contributed by atoms with van der Waals surface area (Å²) >= 11 is 0. The van der Waals surface area contributed by atoms with Crippen molar-refractivity contribution in [2.75, 3.05) is 25.0 Å². The highest BCUT2D eigenvalue weighted by Gasteiger charge is 2.55. The smallest absolute Gasteiger partial charge is 0.228 e. The number of fused-ring (bicyclic) bond motifs is 1. The number of likely N-dealkylation sites (tertiary alicyclic amines) is 1. The molecule has 8 nitrogen and oxygen atoms in total. The Hall–Kier alpha value is -2.70. The van der Waals surface area contributed by atoms with E-state index in [4.69, 9.17) is 0 Å². The van der Waals surface area contributed by atoms with Gasteiger partial charge in [0.15, 0.2) is 0 Å². The number of carbonyl (C=O) groups excluding carboxylic acids is 2. The average molecular weight is 441 g/mol. The molecule has 0 spiro atoms. The summed E-state index contributed by atoms with van der Waals surface area (Å²) in [6.07, 6.45) is 4.11. The van der Waals surface area contributed by atoms with Crippen molar-refractivity contribution in [3.05, 3.63) is 30.1 Å². The van der Waals surface area contributed by atoms with Crippen molar-refractivity contribution in [3.8, 4) is 6.07 Å². The Labute approximate surface area is 187 Å². The lowest BCUT2D eigenvalue weighted by Gasteiger charge is -2.49. The van der Waals surface area contributed by atoms with Gasteiger partial charge in [0.1, 0.15) is 12.0 Å². The summed E-state index contributed by atoms with van der Waals surface area (Å²) < 4.78 is 13.3. The van der Waals surface area contributed by atoms with Crippen molar-refractivity contribution in [1.29, 1.82) is 5.26 Å². The Bertz CT molecular complexity index is 919. The van der Waals surface area contributed by atoms with Crippen LogP contribution in [0.15, 0.2) is 24.3 Å². The highest BCUT2D eigenvalue weighted by molar-refractivity contribution is 5.82. The third-order valence-electron chi connectivity index (χ3n) is 7.44. The summed E-state index contributed by atoms with van der Waals surface area (Å²) in [6.45, 7) is 1.86. The van der Waals surface area contributed by atoms with Gasteiger partial charge in [0, 0.05) is 37.3 Å². The first-order chi connectivity index (χ1) is 15.5. The number of hydrogen-bond acceptors (Lipinski definition) is 6. The molecule has 0 radical (unpaired) electrons. The molecule has 1 aliphatic carbocycles. The number of nitriles is 1. The van der Waals surface area contributed by atoms with Gasteiger partial charge in [0.25, 0.3) is 0 Å². The summed E-state index contributed by atoms with van der Waals surface area (Å²) in [7, 11) is 0. The Morgan fingerprint density at radius 1 is 1.22 bits per heavy atom. The number of halogens is 1. The maximum Gasteiger partial charge on any atom is 0.228 e. The molecule has 1 aromatic rings. The molecule has 3 saturated heterocycles. The van der Waals surface area contributed by atoms with Gasteiger partial charge in [0.05, 0.1) is 23.9 Å². The Morgan fingerprint density at radius 3 is 2.59 bits per heavy atom. The van der Waals surface area contributed by atoms with Crippen molar-refractivity contribution in [2.45, 2.75) is 56.3 Å². The monoisotopic (exact) mass is 440 g/mol. The molecule has 3 atom stereocenters. The third-order valence-corrected chi connectivity index (χ3v) is 7.44. The average Bonchev–Trinajstić information content (AvgIpc) is 3.58. The van der Waals surface area contributed by atoms with Crippen LogP contribution in [-0.2, 0) is 9.59 Å². The Kier molecular flexibility index (Phi) is 5.51. The second-order valence-corrected chi connectivity index (χ2v) is 9.46. The molecule has 3 unspecified atom stereocenters. The molecule has 3 aliphatic heterocycles. The van der Waals surface area contributed by atoms with Crippen LogP contribution in [0.3, 0.4) is 0 Å².